The molecule has 3 N–H and O–H groups in total. The Morgan fingerprint density at radius 2 is 2.13 bits per heavy atom. The monoisotopic (exact) mass is 459 g/mol. The summed E-state index contributed by atoms with van der Waals surface area (Å²) in [4.78, 5) is 4.24. The van der Waals surface area contributed by atoms with Gasteiger partial charge in [0, 0.05) is 40.1 Å². The van der Waals surface area contributed by atoms with Gasteiger partial charge >= 0.3 is 0 Å². The molecule has 0 saturated carbocycles. The molecule has 0 aliphatic carbocycles. The van der Waals surface area contributed by atoms with Gasteiger partial charge in [0.15, 0.2) is 11.6 Å². The summed E-state index contributed by atoms with van der Waals surface area (Å²) in [6.07, 6.45) is 5.61. The fourth-order valence-corrected chi connectivity index (χ4v) is 4.42. The second-order valence-electron chi connectivity index (χ2n) is 7.56. The van der Waals surface area contributed by atoms with E-state index < -0.39 is 11.9 Å². The van der Waals surface area contributed by atoms with Gasteiger partial charge in [-0.25, -0.2) is 9.37 Å². The normalized spacial score (nSPS) is 19.9. The summed E-state index contributed by atoms with van der Waals surface area (Å²) >= 11 is 12.3. The molecule has 2 aromatic heterocycles. The highest BCUT2D eigenvalue weighted by Crippen LogP contribution is 2.37. The van der Waals surface area contributed by atoms with Gasteiger partial charge in [-0.15, -0.1) is 0 Å². The van der Waals surface area contributed by atoms with Crippen LogP contribution in [0.4, 0.5) is 10.2 Å². The zero-order valence-corrected chi connectivity index (χ0v) is 18.4. The van der Waals surface area contributed by atoms with E-state index in [0.29, 0.717) is 16.3 Å². The highest BCUT2D eigenvalue weighted by atomic mass is 35.5. The third kappa shape index (κ3) is 4.51. The molecule has 6 nitrogen and oxygen atoms in total. The minimum absolute atomic E-state index is 0.00782. The third-order valence-electron chi connectivity index (χ3n) is 5.44. The Morgan fingerprint density at radius 1 is 1.32 bits per heavy atom. The first kappa shape index (κ1) is 21.9. The van der Waals surface area contributed by atoms with Gasteiger partial charge in [0.2, 0.25) is 0 Å². The van der Waals surface area contributed by atoms with Crippen LogP contribution in [0.3, 0.4) is 0 Å². The van der Waals surface area contributed by atoms with Crippen molar-refractivity contribution in [1.29, 1.82) is 0 Å². The van der Waals surface area contributed by atoms with E-state index in [-0.39, 0.29) is 22.7 Å². The average Bonchev–Trinajstić information content (AvgIpc) is 3.23. The Bertz CT molecular complexity index is 1100. The zero-order chi connectivity index (χ0) is 22.1. The first-order valence-corrected chi connectivity index (χ1v) is 10.7. The third-order valence-corrected chi connectivity index (χ3v) is 6.15. The second kappa shape index (κ2) is 9.06. The number of nitrogens with one attached hydrogen (secondary N) is 1. The number of benzene rings is 1. The summed E-state index contributed by atoms with van der Waals surface area (Å²) in [5.41, 5.74) is 8.01. The molecular formula is C21H21BCl2FN5O. The summed E-state index contributed by atoms with van der Waals surface area (Å²) in [7, 11) is 6.23. The van der Waals surface area contributed by atoms with Crippen LogP contribution in [0.25, 0.3) is 11.1 Å². The molecule has 1 aromatic carbocycles. The van der Waals surface area contributed by atoms with Gasteiger partial charge in [-0.05, 0) is 50.5 Å². The van der Waals surface area contributed by atoms with Gasteiger partial charge in [0.05, 0.1) is 19.1 Å². The first-order valence-electron chi connectivity index (χ1n) is 9.91. The lowest BCUT2D eigenvalue weighted by Crippen LogP contribution is -2.34. The molecule has 0 spiro atoms. The summed E-state index contributed by atoms with van der Waals surface area (Å²) in [5, 5.41) is 8.00. The lowest BCUT2D eigenvalue weighted by atomic mass is 9.77. The molecule has 3 unspecified atom stereocenters. The number of anilines is 1. The van der Waals surface area contributed by atoms with E-state index in [2.05, 4.69) is 15.4 Å². The number of aromatic nitrogens is 3. The van der Waals surface area contributed by atoms with E-state index in [4.69, 9.17) is 41.5 Å². The number of piperidine rings is 1. The van der Waals surface area contributed by atoms with Crippen molar-refractivity contribution in [3.8, 4) is 16.9 Å². The molecule has 4 rings (SSSR count). The molecule has 160 valence electrons. The highest BCUT2D eigenvalue weighted by Gasteiger charge is 2.24. The molecule has 1 aliphatic heterocycles. The van der Waals surface area contributed by atoms with Gasteiger partial charge in [0.1, 0.15) is 11.9 Å². The number of pyridine rings is 1. The van der Waals surface area contributed by atoms with Gasteiger partial charge in [0.25, 0.3) is 0 Å². The maximum Gasteiger partial charge on any atom is 0.166 e. The Hall–Kier alpha value is -2.29. The Kier molecular flexibility index (Phi) is 6.41. The molecule has 0 bridgehead atoms. The van der Waals surface area contributed by atoms with Crippen molar-refractivity contribution in [1.82, 2.24) is 20.1 Å². The van der Waals surface area contributed by atoms with Crippen LogP contribution in [0.2, 0.25) is 15.9 Å². The van der Waals surface area contributed by atoms with Crippen molar-refractivity contribution < 1.29 is 9.13 Å². The fraction of sp³-hybridized carbons (Fsp3) is 0.333. The van der Waals surface area contributed by atoms with Crippen molar-refractivity contribution in [2.75, 3.05) is 18.8 Å². The van der Waals surface area contributed by atoms with E-state index in [0.717, 1.165) is 30.6 Å². The lowest BCUT2D eigenvalue weighted by Gasteiger charge is -2.30. The average molecular weight is 460 g/mol. The van der Waals surface area contributed by atoms with Gasteiger partial charge < -0.3 is 15.8 Å². The second-order valence-corrected chi connectivity index (χ2v) is 8.34. The molecule has 10 heteroatoms. The summed E-state index contributed by atoms with van der Waals surface area (Å²) < 4.78 is 21.8. The van der Waals surface area contributed by atoms with Crippen LogP contribution in [-0.2, 0) is 0 Å². The Morgan fingerprint density at radius 3 is 2.90 bits per heavy atom. The summed E-state index contributed by atoms with van der Waals surface area (Å²) in [6, 6.07) is 4.55. The standard InChI is InChI=1S/C21H21BCl2FN5O/c1-11(19-15(23)2-3-16(25)20(19)24)31-18-6-12(7-28-21(18)26)13-8-29-30(10-13)17-4-5-27-9-14(17)22/h2-3,6-8,10-11,14,17,27H,4-5,9H2,1H3,(H2,26,28). The molecule has 3 atom stereocenters. The molecular weight excluding hydrogens is 439 g/mol. The number of halogens is 3. The quantitative estimate of drug-likeness (QED) is 0.430. The maximum atomic E-state index is 13.9. The van der Waals surface area contributed by atoms with Crippen molar-refractivity contribution in [3.05, 3.63) is 58.2 Å². The smallest absolute Gasteiger partial charge is 0.166 e. The molecule has 0 amide bonds. The van der Waals surface area contributed by atoms with Gasteiger partial charge in [-0.3, -0.25) is 4.68 Å². The van der Waals surface area contributed by atoms with Crippen LogP contribution >= 0.6 is 23.2 Å². The highest BCUT2D eigenvalue weighted by molar-refractivity contribution is 6.36. The van der Waals surface area contributed by atoms with Crippen molar-refractivity contribution in [2.45, 2.75) is 31.3 Å². The predicted molar refractivity (Wildman–Crippen MR) is 121 cm³/mol. The molecule has 3 heterocycles. The van der Waals surface area contributed by atoms with Crippen molar-refractivity contribution >= 4 is 36.9 Å². The van der Waals surface area contributed by atoms with E-state index in [1.165, 1.54) is 12.1 Å². The van der Waals surface area contributed by atoms with Crippen molar-refractivity contribution in [2.24, 2.45) is 0 Å². The minimum Gasteiger partial charge on any atom is -0.482 e. The number of nitrogens with zero attached hydrogens (tertiary/aromatic N) is 3. The minimum atomic E-state index is -0.648. The zero-order valence-electron chi connectivity index (χ0n) is 16.9. The fourth-order valence-electron chi connectivity index (χ4n) is 3.74. The predicted octanol–water partition coefficient (Wildman–Crippen LogP) is 4.60. The van der Waals surface area contributed by atoms with E-state index in [1.54, 1.807) is 25.4 Å². The number of ether oxygens (including phenoxy) is 1. The lowest BCUT2D eigenvalue weighted by molar-refractivity contribution is 0.227. The Labute approximate surface area is 191 Å². The van der Waals surface area contributed by atoms with E-state index >= 15 is 0 Å². The van der Waals surface area contributed by atoms with E-state index in [1.807, 2.05) is 10.9 Å². The van der Waals surface area contributed by atoms with Crippen molar-refractivity contribution in [3.63, 3.8) is 0 Å². The van der Waals surface area contributed by atoms with Crippen LogP contribution < -0.4 is 15.8 Å². The van der Waals surface area contributed by atoms with Crippen LogP contribution in [0.15, 0.2) is 36.8 Å². The summed E-state index contributed by atoms with van der Waals surface area (Å²) in [5.74, 6) is -0.0359. The topological polar surface area (TPSA) is 78.0 Å². The molecule has 1 fully saturated rings. The number of nitrogen functional groups attached to an aromatic ring is 1. The molecule has 1 saturated heterocycles. The molecule has 31 heavy (non-hydrogen) atoms. The number of rotatable bonds is 5. The van der Waals surface area contributed by atoms with Crippen LogP contribution in [0, 0.1) is 5.82 Å². The largest absolute Gasteiger partial charge is 0.482 e. The van der Waals surface area contributed by atoms with Gasteiger partial charge in [-0.1, -0.05) is 23.2 Å². The number of hydrogen-bond acceptors (Lipinski definition) is 5. The molecule has 2 radical (unpaired) electrons. The van der Waals surface area contributed by atoms with Gasteiger partial charge in [-0.2, -0.15) is 5.10 Å². The van der Waals surface area contributed by atoms with E-state index in [9.17, 15) is 4.39 Å². The number of nitrogens with two attached hydrogens (primary N) is 1. The molecule has 1 aliphatic rings. The number of hydrogen-bond donors (Lipinski definition) is 2. The molecule has 3 aromatic rings. The first-order chi connectivity index (χ1) is 14.8. The van der Waals surface area contributed by atoms with Crippen LogP contribution in [0.5, 0.6) is 5.75 Å². The Balaban J connectivity index is 1.59. The maximum absolute atomic E-state index is 13.9. The summed E-state index contributed by atoms with van der Waals surface area (Å²) in [6.45, 7) is 3.37. The SMILES string of the molecule is [B]C1CNCCC1n1cc(-c2cnc(N)c(OC(C)c3c(Cl)ccc(F)c3Cl)c2)cn1. The van der Waals surface area contributed by atoms with Crippen LogP contribution in [-0.4, -0.2) is 35.7 Å². The van der Waals surface area contributed by atoms with Crippen LogP contribution in [0.1, 0.15) is 31.1 Å².